The highest BCUT2D eigenvalue weighted by molar-refractivity contribution is 5.18. The first-order valence-electron chi connectivity index (χ1n) is 10.4. The van der Waals surface area contributed by atoms with Crippen molar-refractivity contribution in [2.24, 2.45) is 45.3 Å². The molecule has 0 heteroatoms. The largest absolute Gasteiger partial charge is 0.0596 e. The van der Waals surface area contributed by atoms with E-state index in [0.29, 0.717) is 0 Å². The van der Waals surface area contributed by atoms with E-state index in [4.69, 9.17) is 0 Å². The number of hydrogen-bond acceptors (Lipinski definition) is 0. The Balaban J connectivity index is 1.47. The quantitative estimate of drug-likeness (QED) is 0.540. The third-order valence-electron chi connectivity index (χ3n) is 9.79. The van der Waals surface area contributed by atoms with E-state index in [1.165, 1.54) is 0 Å². The summed E-state index contributed by atoms with van der Waals surface area (Å²) in [5.74, 6) is 4.51. The van der Waals surface area contributed by atoms with Crippen molar-refractivity contribution in [1.82, 2.24) is 0 Å². The van der Waals surface area contributed by atoms with Crippen LogP contribution >= 0.6 is 0 Å². The highest BCUT2D eigenvalue weighted by Gasteiger charge is 2.68. The van der Waals surface area contributed by atoms with Crippen LogP contribution in [0.15, 0.2) is 0 Å². The van der Waals surface area contributed by atoms with E-state index >= 15 is 0 Å². The molecule has 2 unspecified atom stereocenters. The molecule has 8 fully saturated rings. The summed E-state index contributed by atoms with van der Waals surface area (Å²) in [6.45, 7) is 5.37. The van der Waals surface area contributed by atoms with Crippen LogP contribution in [0, 0.1) is 45.3 Å². The molecule has 0 amide bonds. The molecule has 0 spiro atoms. The van der Waals surface area contributed by atoms with Gasteiger partial charge in [-0.3, -0.25) is 0 Å². The van der Waals surface area contributed by atoms with Gasteiger partial charge in [-0.2, -0.15) is 0 Å². The topological polar surface area (TPSA) is 0 Å². The molecule has 0 aromatic carbocycles. The molecule has 0 aromatic heterocycles. The van der Waals surface area contributed by atoms with Gasteiger partial charge in [0.2, 0.25) is 0 Å². The van der Waals surface area contributed by atoms with Gasteiger partial charge in [-0.25, -0.2) is 0 Å². The average molecular weight is 299 g/mol. The molecule has 22 heavy (non-hydrogen) atoms. The summed E-state index contributed by atoms with van der Waals surface area (Å²) >= 11 is 0. The van der Waals surface area contributed by atoms with Gasteiger partial charge in [-0.1, -0.05) is 13.8 Å². The molecular formula is C22H34. The molecule has 8 aliphatic carbocycles. The molecule has 122 valence electrons. The van der Waals surface area contributed by atoms with Crippen molar-refractivity contribution in [2.45, 2.75) is 90.9 Å². The third kappa shape index (κ3) is 1.52. The van der Waals surface area contributed by atoms with Crippen LogP contribution < -0.4 is 0 Å². The van der Waals surface area contributed by atoms with Gasteiger partial charge in [0.15, 0.2) is 0 Å². The Morgan fingerprint density at radius 3 is 1.41 bits per heavy atom. The molecule has 0 aromatic rings. The SMILES string of the molecule is CC12CC3CC(C)(C1)CC(C14CC5CC(CC(C5)C1)C4)(C3)C2. The highest BCUT2D eigenvalue weighted by atomic mass is 14.7. The van der Waals surface area contributed by atoms with Gasteiger partial charge < -0.3 is 0 Å². The van der Waals surface area contributed by atoms with Crippen molar-refractivity contribution in [3.8, 4) is 0 Å². The first-order chi connectivity index (χ1) is 10.4. The molecule has 8 bridgehead atoms. The molecule has 0 N–H and O–H groups in total. The minimum Gasteiger partial charge on any atom is -0.0596 e. The molecule has 0 heterocycles. The second kappa shape index (κ2) is 3.65. The lowest BCUT2D eigenvalue weighted by molar-refractivity contribution is -0.238. The standard InChI is InChI=1S/C22H34/c1-19-6-18-7-20(2,12-19)14-22(11-18,13-19)21-8-15-3-16(9-21)5-17(4-15)10-21/h15-18H,3-14H2,1-2H3. The number of rotatable bonds is 1. The van der Waals surface area contributed by atoms with Crippen LogP contribution in [0.4, 0.5) is 0 Å². The monoisotopic (exact) mass is 298 g/mol. The summed E-state index contributed by atoms with van der Waals surface area (Å²) in [7, 11) is 0. The van der Waals surface area contributed by atoms with Crippen LogP contribution in [-0.4, -0.2) is 0 Å². The van der Waals surface area contributed by atoms with E-state index in [2.05, 4.69) is 13.8 Å². The fourth-order valence-electron chi connectivity index (χ4n) is 10.8. The van der Waals surface area contributed by atoms with E-state index in [1.54, 1.807) is 77.0 Å². The van der Waals surface area contributed by atoms with Gasteiger partial charge in [0.05, 0.1) is 0 Å². The van der Waals surface area contributed by atoms with Crippen molar-refractivity contribution in [3.05, 3.63) is 0 Å². The normalized spacial score (nSPS) is 67.9. The van der Waals surface area contributed by atoms with Gasteiger partial charge in [-0.05, 0) is 122 Å². The van der Waals surface area contributed by atoms with Gasteiger partial charge in [-0.15, -0.1) is 0 Å². The van der Waals surface area contributed by atoms with Crippen molar-refractivity contribution >= 4 is 0 Å². The first kappa shape index (κ1) is 13.3. The lowest BCUT2D eigenvalue weighted by Gasteiger charge is -2.74. The maximum absolute atomic E-state index is 2.69. The minimum atomic E-state index is 0.720. The maximum Gasteiger partial charge on any atom is -0.0228 e. The fourth-order valence-corrected chi connectivity index (χ4v) is 10.8. The summed E-state index contributed by atoms with van der Waals surface area (Å²) in [5.41, 5.74) is 3.03. The highest BCUT2D eigenvalue weighted by Crippen LogP contribution is 2.78. The van der Waals surface area contributed by atoms with E-state index in [9.17, 15) is 0 Å². The van der Waals surface area contributed by atoms with E-state index in [0.717, 1.165) is 45.3 Å². The Morgan fingerprint density at radius 2 is 0.955 bits per heavy atom. The lowest BCUT2D eigenvalue weighted by Crippen LogP contribution is -2.64. The second-order valence-electron chi connectivity index (χ2n) is 12.1. The smallest absolute Gasteiger partial charge is 0.0228 e. The Hall–Kier alpha value is 0. The van der Waals surface area contributed by atoms with Crippen molar-refractivity contribution in [3.63, 3.8) is 0 Å². The Morgan fingerprint density at radius 1 is 0.500 bits per heavy atom. The molecular weight excluding hydrogens is 264 g/mol. The zero-order valence-corrected chi connectivity index (χ0v) is 14.8. The van der Waals surface area contributed by atoms with E-state index in [-0.39, 0.29) is 0 Å². The summed E-state index contributed by atoms with van der Waals surface area (Å²) in [6, 6.07) is 0. The maximum atomic E-state index is 2.69. The van der Waals surface area contributed by atoms with Crippen molar-refractivity contribution in [1.29, 1.82) is 0 Å². The predicted molar refractivity (Wildman–Crippen MR) is 90.4 cm³/mol. The lowest BCUT2D eigenvalue weighted by atomic mass is 9.31. The first-order valence-corrected chi connectivity index (χ1v) is 10.4. The van der Waals surface area contributed by atoms with Crippen LogP contribution in [-0.2, 0) is 0 Å². The van der Waals surface area contributed by atoms with Crippen LogP contribution in [0.3, 0.4) is 0 Å². The second-order valence-corrected chi connectivity index (χ2v) is 12.1. The molecule has 8 saturated carbocycles. The van der Waals surface area contributed by atoms with E-state index < -0.39 is 0 Å². The summed E-state index contributed by atoms with van der Waals surface area (Å²) in [5, 5.41) is 0. The van der Waals surface area contributed by atoms with Crippen LogP contribution in [0.5, 0.6) is 0 Å². The van der Waals surface area contributed by atoms with E-state index in [1.807, 2.05) is 0 Å². The van der Waals surface area contributed by atoms with Gasteiger partial charge in [0.1, 0.15) is 0 Å². The van der Waals surface area contributed by atoms with Gasteiger partial charge in [0.25, 0.3) is 0 Å². The molecule has 0 saturated heterocycles. The van der Waals surface area contributed by atoms with Crippen molar-refractivity contribution in [2.75, 3.05) is 0 Å². The fraction of sp³-hybridized carbons (Fsp3) is 1.00. The third-order valence-corrected chi connectivity index (χ3v) is 9.79. The summed E-state index contributed by atoms with van der Waals surface area (Å²) in [6.07, 6.45) is 19.4. The minimum absolute atomic E-state index is 0.720. The molecule has 8 rings (SSSR count). The average Bonchev–Trinajstić information content (AvgIpc) is 2.31. The predicted octanol–water partition coefficient (Wildman–Crippen LogP) is 6.20. The van der Waals surface area contributed by atoms with Crippen LogP contribution in [0.2, 0.25) is 0 Å². The summed E-state index contributed by atoms with van der Waals surface area (Å²) < 4.78 is 0. The Labute approximate surface area is 136 Å². The van der Waals surface area contributed by atoms with Gasteiger partial charge in [0, 0.05) is 0 Å². The van der Waals surface area contributed by atoms with Crippen molar-refractivity contribution < 1.29 is 0 Å². The van der Waals surface area contributed by atoms with Gasteiger partial charge >= 0.3 is 0 Å². The van der Waals surface area contributed by atoms with Crippen LogP contribution in [0.1, 0.15) is 90.9 Å². The molecule has 2 atom stereocenters. The molecule has 8 aliphatic rings. The Kier molecular flexibility index (Phi) is 2.21. The zero-order valence-electron chi connectivity index (χ0n) is 14.8. The van der Waals surface area contributed by atoms with Crippen LogP contribution in [0.25, 0.3) is 0 Å². The Bertz CT molecular complexity index is 475. The molecule has 0 aliphatic heterocycles. The zero-order chi connectivity index (χ0) is 14.8. The molecule has 0 nitrogen and oxygen atoms in total. The summed E-state index contributed by atoms with van der Waals surface area (Å²) in [4.78, 5) is 0. The number of hydrogen-bond donors (Lipinski definition) is 0. The molecule has 0 radical (unpaired) electrons.